The number of amides is 1. The van der Waals surface area contributed by atoms with Crippen molar-refractivity contribution in [3.63, 3.8) is 0 Å². The Kier molecular flexibility index (Phi) is 6.82. The molecule has 0 bridgehead atoms. The van der Waals surface area contributed by atoms with E-state index in [9.17, 15) is 14.0 Å². The molecule has 0 N–H and O–H groups in total. The van der Waals surface area contributed by atoms with Crippen molar-refractivity contribution >= 4 is 5.91 Å². The molecule has 1 atom stereocenters. The first-order chi connectivity index (χ1) is 13.9. The second-order valence-corrected chi connectivity index (χ2v) is 7.71. The fourth-order valence-corrected chi connectivity index (χ4v) is 3.48. The maximum absolute atomic E-state index is 13.4. The van der Waals surface area contributed by atoms with Crippen molar-refractivity contribution in [2.45, 2.75) is 25.9 Å². The number of pyridine rings is 1. The van der Waals surface area contributed by atoms with Crippen LogP contribution in [0.5, 0.6) is 0 Å². The van der Waals surface area contributed by atoms with Gasteiger partial charge in [0.25, 0.3) is 11.5 Å². The van der Waals surface area contributed by atoms with Gasteiger partial charge in [0.15, 0.2) is 0 Å². The van der Waals surface area contributed by atoms with Crippen LogP contribution in [-0.4, -0.2) is 66.7 Å². The lowest BCUT2D eigenvalue weighted by Gasteiger charge is -2.27. The molecule has 1 aromatic heterocycles. The number of carbonyl (C=O) groups is 1. The van der Waals surface area contributed by atoms with Gasteiger partial charge >= 0.3 is 0 Å². The highest BCUT2D eigenvalue weighted by Gasteiger charge is 2.26. The van der Waals surface area contributed by atoms with Crippen molar-refractivity contribution in [2.75, 3.05) is 40.3 Å². The smallest absolute Gasteiger partial charge is 0.268 e. The van der Waals surface area contributed by atoms with Crippen LogP contribution < -0.4 is 5.56 Å². The summed E-state index contributed by atoms with van der Waals surface area (Å²) in [5.41, 5.74) is 0.891. The lowest BCUT2D eigenvalue weighted by atomic mass is 10.1. The van der Waals surface area contributed by atoms with E-state index >= 15 is 0 Å². The predicted molar refractivity (Wildman–Crippen MR) is 110 cm³/mol. The number of aromatic nitrogens is 1. The zero-order valence-electron chi connectivity index (χ0n) is 17.2. The highest BCUT2D eigenvalue weighted by molar-refractivity contribution is 5.95. The van der Waals surface area contributed by atoms with Crippen LogP contribution in [0, 0.1) is 12.7 Å². The molecule has 1 unspecified atom stereocenters. The standard InChI is InChI=1S/C22H28FN3O3/c1-16-10-11-26(18-8-6-17(23)7-9-18)22(28)20(16)21(27)25(13-12-24(2)3)15-19-5-4-14-29-19/h6-11,19H,4-5,12-15H2,1-3H3. The number of rotatable bonds is 7. The summed E-state index contributed by atoms with van der Waals surface area (Å²) < 4.78 is 20.4. The number of carbonyl (C=O) groups excluding carboxylic acids is 1. The number of halogens is 1. The van der Waals surface area contributed by atoms with Crippen LogP contribution in [0.1, 0.15) is 28.8 Å². The summed E-state index contributed by atoms with van der Waals surface area (Å²) in [5.74, 6) is -0.669. The number of benzene rings is 1. The van der Waals surface area contributed by atoms with E-state index in [0.29, 0.717) is 37.5 Å². The van der Waals surface area contributed by atoms with E-state index in [-0.39, 0.29) is 23.4 Å². The quantitative estimate of drug-likeness (QED) is 0.715. The third-order valence-corrected chi connectivity index (χ3v) is 5.17. The summed E-state index contributed by atoms with van der Waals surface area (Å²) in [6.45, 7) is 4.14. The Hall–Kier alpha value is -2.51. The van der Waals surface area contributed by atoms with Crippen LogP contribution in [0.3, 0.4) is 0 Å². The third-order valence-electron chi connectivity index (χ3n) is 5.17. The van der Waals surface area contributed by atoms with Crippen molar-refractivity contribution in [3.05, 3.63) is 63.8 Å². The molecule has 1 fully saturated rings. The minimum atomic E-state index is -0.399. The van der Waals surface area contributed by atoms with Gasteiger partial charge < -0.3 is 14.5 Å². The summed E-state index contributed by atoms with van der Waals surface area (Å²) in [6, 6.07) is 7.38. The first-order valence-corrected chi connectivity index (χ1v) is 9.90. The van der Waals surface area contributed by atoms with Gasteiger partial charge in [-0.2, -0.15) is 0 Å². The maximum atomic E-state index is 13.4. The van der Waals surface area contributed by atoms with Gasteiger partial charge in [-0.25, -0.2) is 4.39 Å². The van der Waals surface area contributed by atoms with Gasteiger partial charge in [-0.1, -0.05) is 0 Å². The second kappa shape index (κ2) is 9.33. The van der Waals surface area contributed by atoms with E-state index in [1.165, 1.54) is 28.8 Å². The molecule has 0 radical (unpaired) electrons. The Labute approximate surface area is 170 Å². The van der Waals surface area contributed by atoms with Crippen molar-refractivity contribution in [1.29, 1.82) is 0 Å². The number of hydrogen-bond acceptors (Lipinski definition) is 4. The van der Waals surface area contributed by atoms with Gasteiger partial charge in [-0.15, -0.1) is 0 Å². The Balaban J connectivity index is 1.94. The van der Waals surface area contributed by atoms with Crippen molar-refractivity contribution in [1.82, 2.24) is 14.4 Å². The molecule has 0 spiro atoms. The highest BCUT2D eigenvalue weighted by atomic mass is 19.1. The molecule has 0 aliphatic carbocycles. The second-order valence-electron chi connectivity index (χ2n) is 7.71. The highest BCUT2D eigenvalue weighted by Crippen LogP contribution is 2.16. The molecule has 2 aromatic rings. The Morgan fingerprint density at radius 1 is 1.21 bits per heavy atom. The van der Waals surface area contributed by atoms with E-state index in [1.54, 1.807) is 24.1 Å². The van der Waals surface area contributed by atoms with E-state index in [2.05, 4.69) is 0 Å². The molecule has 0 saturated carbocycles. The molecule has 3 rings (SSSR count). The zero-order valence-corrected chi connectivity index (χ0v) is 17.2. The molecule has 156 valence electrons. The van der Waals surface area contributed by atoms with Crippen molar-refractivity contribution < 1.29 is 13.9 Å². The number of aryl methyl sites for hydroxylation is 1. The molecule has 1 amide bonds. The topological polar surface area (TPSA) is 54.8 Å². The largest absolute Gasteiger partial charge is 0.376 e. The monoisotopic (exact) mass is 401 g/mol. The summed E-state index contributed by atoms with van der Waals surface area (Å²) in [7, 11) is 3.90. The maximum Gasteiger partial charge on any atom is 0.268 e. The molecule has 1 aromatic carbocycles. The third kappa shape index (κ3) is 5.10. The van der Waals surface area contributed by atoms with Gasteiger partial charge in [0.2, 0.25) is 0 Å². The number of ether oxygens (including phenoxy) is 1. The minimum Gasteiger partial charge on any atom is -0.376 e. The lowest BCUT2D eigenvalue weighted by molar-refractivity contribution is 0.0510. The van der Waals surface area contributed by atoms with Gasteiger partial charge in [-0.05, 0) is 69.8 Å². The Bertz CT molecular complexity index is 903. The Morgan fingerprint density at radius 3 is 2.55 bits per heavy atom. The summed E-state index contributed by atoms with van der Waals surface area (Å²) in [6.07, 6.45) is 3.53. The average molecular weight is 401 g/mol. The summed E-state index contributed by atoms with van der Waals surface area (Å²) in [5, 5.41) is 0. The zero-order chi connectivity index (χ0) is 21.0. The normalized spacial score (nSPS) is 16.4. The molecule has 7 heteroatoms. The number of likely N-dealkylation sites (N-methyl/N-ethyl adjacent to an activating group) is 1. The summed E-state index contributed by atoms with van der Waals surface area (Å²) >= 11 is 0. The minimum absolute atomic E-state index is 0.00412. The van der Waals surface area contributed by atoms with Gasteiger partial charge in [0, 0.05) is 38.1 Å². The fourth-order valence-electron chi connectivity index (χ4n) is 3.48. The molecule has 6 nitrogen and oxygen atoms in total. The fraction of sp³-hybridized carbons (Fsp3) is 0.455. The van der Waals surface area contributed by atoms with Crippen LogP contribution in [0.25, 0.3) is 5.69 Å². The lowest BCUT2D eigenvalue weighted by Crippen LogP contribution is -2.44. The van der Waals surface area contributed by atoms with Crippen LogP contribution in [-0.2, 0) is 4.74 Å². The molecule has 29 heavy (non-hydrogen) atoms. The van der Waals surface area contributed by atoms with Crippen LogP contribution in [0.15, 0.2) is 41.3 Å². The number of hydrogen-bond donors (Lipinski definition) is 0. The van der Waals surface area contributed by atoms with Crippen LogP contribution in [0.2, 0.25) is 0 Å². The van der Waals surface area contributed by atoms with E-state index in [0.717, 1.165) is 12.8 Å². The van der Waals surface area contributed by atoms with Crippen molar-refractivity contribution in [2.24, 2.45) is 0 Å². The van der Waals surface area contributed by atoms with Gasteiger partial charge in [-0.3, -0.25) is 14.2 Å². The Morgan fingerprint density at radius 2 is 1.93 bits per heavy atom. The molecule has 2 heterocycles. The van der Waals surface area contributed by atoms with E-state index in [1.807, 2.05) is 19.0 Å². The molecule has 1 saturated heterocycles. The van der Waals surface area contributed by atoms with E-state index < -0.39 is 5.56 Å². The van der Waals surface area contributed by atoms with Gasteiger partial charge in [0.05, 0.1) is 6.10 Å². The summed E-state index contributed by atoms with van der Waals surface area (Å²) in [4.78, 5) is 30.3. The van der Waals surface area contributed by atoms with Gasteiger partial charge in [0.1, 0.15) is 11.4 Å². The van der Waals surface area contributed by atoms with Crippen LogP contribution >= 0.6 is 0 Å². The predicted octanol–water partition coefficient (Wildman–Crippen LogP) is 2.47. The van der Waals surface area contributed by atoms with Crippen molar-refractivity contribution in [3.8, 4) is 5.69 Å². The molecular formula is C22H28FN3O3. The first kappa shape index (κ1) is 21.2. The average Bonchev–Trinajstić information content (AvgIpc) is 3.19. The van der Waals surface area contributed by atoms with E-state index in [4.69, 9.17) is 4.74 Å². The molecule has 1 aliphatic rings. The molecule has 1 aliphatic heterocycles. The first-order valence-electron chi connectivity index (χ1n) is 9.90. The molecular weight excluding hydrogens is 373 g/mol. The SMILES string of the molecule is Cc1ccn(-c2ccc(F)cc2)c(=O)c1C(=O)N(CCN(C)C)CC1CCCO1. The van der Waals surface area contributed by atoms with Crippen LogP contribution in [0.4, 0.5) is 4.39 Å². The number of nitrogens with zero attached hydrogens (tertiary/aromatic N) is 3.